The molecular weight excluding hydrogens is 246 g/mol. The molecule has 0 bridgehead atoms. The van der Waals surface area contributed by atoms with Crippen LogP contribution in [0.3, 0.4) is 0 Å². The van der Waals surface area contributed by atoms with Crippen LogP contribution in [0.25, 0.3) is 0 Å². The lowest BCUT2D eigenvalue weighted by Gasteiger charge is -2.01. The summed E-state index contributed by atoms with van der Waals surface area (Å²) in [6.07, 6.45) is 5.62. The van der Waals surface area contributed by atoms with Gasteiger partial charge in [-0.05, 0) is 22.4 Å². The van der Waals surface area contributed by atoms with Gasteiger partial charge in [-0.2, -0.15) is 0 Å². The molecule has 0 spiro atoms. The van der Waals surface area contributed by atoms with Crippen LogP contribution in [0.15, 0.2) is 16.9 Å². The summed E-state index contributed by atoms with van der Waals surface area (Å²) >= 11 is 3.22. The highest BCUT2D eigenvalue weighted by molar-refractivity contribution is 9.10. The minimum absolute atomic E-state index is 0.0332. The van der Waals surface area contributed by atoms with Gasteiger partial charge < -0.3 is 0 Å². The number of halogens is 1. The van der Waals surface area contributed by atoms with Crippen LogP contribution < -0.4 is 5.32 Å². The van der Waals surface area contributed by atoms with Crippen molar-refractivity contribution in [3.8, 4) is 0 Å². The smallest absolute Gasteiger partial charge is 0.229 e. The van der Waals surface area contributed by atoms with Gasteiger partial charge >= 0.3 is 0 Å². The van der Waals surface area contributed by atoms with Crippen LogP contribution >= 0.6 is 15.9 Å². The van der Waals surface area contributed by atoms with E-state index in [0.717, 1.165) is 17.3 Å². The van der Waals surface area contributed by atoms with Crippen molar-refractivity contribution in [1.82, 2.24) is 9.97 Å². The standard InChI is InChI=1S/C9H12BrN3O/c1-2-3-4-8(14)13-9-11-5-7(10)6-12-9/h5-6H,2-4H2,1H3,(H,11,12,13,14). The summed E-state index contributed by atoms with van der Waals surface area (Å²) in [4.78, 5) is 19.1. The van der Waals surface area contributed by atoms with E-state index in [1.54, 1.807) is 12.4 Å². The van der Waals surface area contributed by atoms with Gasteiger partial charge in [0.25, 0.3) is 0 Å². The quantitative estimate of drug-likeness (QED) is 0.901. The Balaban J connectivity index is 2.44. The second-order valence-corrected chi connectivity index (χ2v) is 3.79. The van der Waals surface area contributed by atoms with E-state index in [1.807, 2.05) is 6.92 Å². The number of anilines is 1. The van der Waals surface area contributed by atoms with E-state index in [2.05, 4.69) is 31.2 Å². The predicted molar refractivity (Wildman–Crippen MR) is 57.9 cm³/mol. The fourth-order valence-electron chi connectivity index (χ4n) is 0.901. The summed E-state index contributed by atoms with van der Waals surface area (Å²) in [5.74, 6) is 0.323. The Morgan fingerprint density at radius 1 is 1.50 bits per heavy atom. The minimum Gasteiger partial charge on any atom is -0.295 e. The third-order valence-electron chi connectivity index (χ3n) is 1.63. The largest absolute Gasteiger partial charge is 0.295 e. The van der Waals surface area contributed by atoms with E-state index < -0.39 is 0 Å². The van der Waals surface area contributed by atoms with Gasteiger partial charge in [-0.15, -0.1) is 0 Å². The molecule has 0 saturated carbocycles. The number of nitrogens with one attached hydrogen (secondary N) is 1. The average molecular weight is 258 g/mol. The number of carbonyl (C=O) groups is 1. The molecule has 76 valence electrons. The van der Waals surface area contributed by atoms with E-state index in [1.165, 1.54) is 0 Å². The Morgan fingerprint density at radius 3 is 2.71 bits per heavy atom. The van der Waals surface area contributed by atoms with Gasteiger partial charge in [0.1, 0.15) is 0 Å². The third-order valence-corrected chi connectivity index (χ3v) is 2.04. The van der Waals surface area contributed by atoms with Crippen molar-refractivity contribution in [2.75, 3.05) is 5.32 Å². The molecule has 0 aliphatic carbocycles. The Morgan fingerprint density at radius 2 is 2.14 bits per heavy atom. The van der Waals surface area contributed by atoms with E-state index in [-0.39, 0.29) is 5.91 Å². The molecule has 14 heavy (non-hydrogen) atoms. The molecule has 1 amide bonds. The summed E-state index contributed by atoms with van der Waals surface area (Å²) in [5, 5.41) is 2.62. The third kappa shape index (κ3) is 3.83. The maximum absolute atomic E-state index is 11.3. The number of hydrogen-bond donors (Lipinski definition) is 1. The zero-order valence-corrected chi connectivity index (χ0v) is 9.54. The Labute approximate surface area is 91.3 Å². The van der Waals surface area contributed by atoms with Crippen molar-refractivity contribution in [1.29, 1.82) is 0 Å². The fraction of sp³-hybridized carbons (Fsp3) is 0.444. The maximum Gasteiger partial charge on any atom is 0.229 e. The van der Waals surface area contributed by atoms with Crippen LogP contribution in [0.2, 0.25) is 0 Å². The van der Waals surface area contributed by atoms with Crippen LogP contribution in [0.1, 0.15) is 26.2 Å². The number of hydrogen-bond acceptors (Lipinski definition) is 3. The molecule has 0 aromatic carbocycles. The summed E-state index contributed by atoms with van der Waals surface area (Å²) in [5.41, 5.74) is 0. The zero-order chi connectivity index (χ0) is 10.4. The molecule has 1 aromatic rings. The lowest BCUT2D eigenvalue weighted by Crippen LogP contribution is -2.13. The van der Waals surface area contributed by atoms with Crippen molar-refractivity contribution >= 4 is 27.8 Å². The molecule has 5 heteroatoms. The lowest BCUT2D eigenvalue weighted by atomic mass is 10.2. The lowest BCUT2D eigenvalue weighted by molar-refractivity contribution is -0.116. The first-order chi connectivity index (χ1) is 6.72. The number of amides is 1. The van der Waals surface area contributed by atoms with E-state index in [9.17, 15) is 4.79 Å². The van der Waals surface area contributed by atoms with Crippen LogP contribution in [-0.2, 0) is 4.79 Å². The molecule has 0 aliphatic rings. The molecule has 0 fully saturated rings. The fourth-order valence-corrected chi connectivity index (χ4v) is 1.11. The molecule has 1 rings (SSSR count). The summed E-state index contributed by atoms with van der Waals surface area (Å²) in [7, 11) is 0. The van der Waals surface area contributed by atoms with Crippen molar-refractivity contribution < 1.29 is 4.79 Å². The minimum atomic E-state index is -0.0332. The molecule has 1 N–H and O–H groups in total. The van der Waals surface area contributed by atoms with Crippen molar-refractivity contribution in [2.24, 2.45) is 0 Å². The van der Waals surface area contributed by atoms with Gasteiger partial charge in [-0.25, -0.2) is 9.97 Å². The van der Waals surface area contributed by atoms with Crippen LogP contribution in [0.5, 0.6) is 0 Å². The second-order valence-electron chi connectivity index (χ2n) is 2.88. The van der Waals surface area contributed by atoms with Crippen LogP contribution in [0, 0.1) is 0 Å². The highest BCUT2D eigenvalue weighted by Crippen LogP contribution is 2.07. The van der Waals surface area contributed by atoms with Gasteiger partial charge in [0.2, 0.25) is 11.9 Å². The summed E-state index contributed by atoms with van der Waals surface area (Å²) in [6.45, 7) is 2.05. The molecule has 0 aliphatic heterocycles. The molecule has 0 saturated heterocycles. The van der Waals surface area contributed by atoms with Gasteiger partial charge in [0.15, 0.2) is 0 Å². The first-order valence-electron chi connectivity index (χ1n) is 4.49. The van der Waals surface area contributed by atoms with Gasteiger partial charge in [-0.3, -0.25) is 10.1 Å². The molecule has 0 unspecified atom stereocenters. The molecular formula is C9H12BrN3O. The Hall–Kier alpha value is -0.970. The number of carbonyl (C=O) groups excluding carboxylic acids is 1. The molecule has 4 nitrogen and oxygen atoms in total. The van der Waals surface area contributed by atoms with Gasteiger partial charge in [-0.1, -0.05) is 13.3 Å². The van der Waals surface area contributed by atoms with E-state index in [0.29, 0.717) is 12.4 Å². The molecule has 0 radical (unpaired) electrons. The van der Waals surface area contributed by atoms with E-state index >= 15 is 0 Å². The Kier molecular flexibility index (Phi) is 4.52. The molecule has 0 atom stereocenters. The van der Waals surface area contributed by atoms with Gasteiger partial charge in [0.05, 0.1) is 4.47 Å². The first-order valence-corrected chi connectivity index (χ1v) is 5.29. The van der Waals surface area contributed by atoms with Crippen molar-refractivity contribution in [2.45, 2.75) is 26.2 Å². The highest BCUT2D eigenvalue weighted by Gasteiger charge is 2.02. The van der Waals surface area contributed by atoms with Gasteiger partial charge in [0, 0.05) is 18.8 Å². The highest BCUT2D eigenvalue weighted by atomic mass is 79.9. The molecule has 1 heterocycles. The first kappa shape index (κ1) is 11.1. The van der Waals surface area contributed by atoms with E-state index in [4.69, 9.17) is 0 Å². The maximum atomic E-state index is 11.3. The topological polar surface area (TPSA) is 54.9 Å². The number of aromatic nitrogens is 2. The average Bonchev–Trinajstić information content (AvgIpc) is 2.18. The summed E-state index contributed by atoms with van der Waals surface area (Å²) < 4.78 is 0.795. The van der Waals surface area contributed by atoms with Crippen molar-refractivity contribution in [3.63, 3.8) is 0 Å². The van der Waals surface area contributed by atoms with Crippen LogP contribution in [-0.4, -0.2) is 15.9 Å². The number of nitrogens with zero attached hydrogens (tertiary/aromatic N) is 2. The van der Waals surface area contributed by atoms with Crippen molar-refractivity contribution in [3.05, 3.63) is 16.9 Å². The zero-order valence-electron chi connectivity index (χ0n) is 7.96. The van der Waals surface area contributed by atoms with Crippen LogP contribution in [0.4, 0.5) is 5.95 Å². The normalized spacial score (nSPS) is 9.86. The summed E-state index contributed by atoms with van der Waals surface area (Å²) in [6, 6.07) is 0. The Bertz CT molecular complexity index is 299. The number of unbranched alkanes of at least 4 members (excludes halogenated alkanes) is 1. The monoisotopic (exact) mass is 257 g/mol. The number of rotatable bonds is 4. The second kappa shape index (κ2) is 5.70. The molecule has 1 aromatic heterocycles. The SMILES string of the molecule is CCCCC(=O)Nc1ncc(Br)cn1. The predicted octanol–water partition coefficient (Wildman–Crippen LogP) is 2.37.